The van der Waals surface area contributed by atoms with Gasteiger partial charge >= 0.3 is 5.97 Å². The van der Waals surface area contributed by atoms with Crippen LogP contribution in [0.1, 0.15) is 37.9 Å². The molecule has 0 radical (unpaired) electrons. The van der Waals surface area contributed by atoms with Crippen LogP contribution >= 0.6 is 34.5 Å². The summed E-state index contributed by atoms with van der Waals surface area (Å²) in [6.07, 6.45) is 0.326. The molecule has 186 valence electrons. The number of carboxylic acid groups (broad SMARTS) is 1. The quantitative estimate of drug-likeness (QED) is 0.266. The van der Waals surface area contributed by atoms with Crippen LogP contribution in [0.25, 0.3) is 10.4 Å². The van der Waals surface area contributed by atoms with Gasteiger partial charge in [0.05, 0.1) is 16.1 Å². The first-order chi connectivity index (χ1) is 17.8. The van der Waals surface area contributed by atoms with Gasteiger partial charge in [0.1, 0.15) is 0 Å². The molecule has 1 fully saturated rings. The molecular weight excluding hydrogens is 531 g/mol. The van der Waals surface area contributed by atoms with Crippen LogP contribution in [-0.2, 0) is 4.79 Å². The summed E-state index contributed by atoms with van der Waals surface area (Å²) in [7, 11) is 0. The number of hydrogen-bond donors (Lipinski definition) is 2. The van der Waals surface area contributed by atoms with E-state index >= 15 is 0 Å². The van der Waals surface area contributed by atoms with Gasteiger partial charge in [-0.2, -0.15) is 0 Å². The van der Waals surface area contributed by atoms with E-state index in [1.54, 1.807) is 41.3 Å². The summed E-state index contributed by atoms with van der Waals surface area (Å²) < 4.78 is 0. The third-order valence-corrected chi connectivity index (χ3v) is 7.86. The Morgan fingerprint density at radius 1 is 0.919 bits per heavy atom. The summed E-state index contributed by atoms with van der Waals surface area (Å²) >= 11 is 13.2. The standard InChI is InChI=1S/C28H20Cl2N2O4S/c29-19-5-1-16(2-6-19)18-13-26(33)32(15-18)21-9-10-22(28(35)36)23(14-21)31-27(34)25-12-11-24(37-25)17-3-7-20(30)8-4-17/h1-12,14,18H,13,15H2,(H,31,34)(H,35,36). The van der Waals surface area contributed by atoms with Crippen LogP contribution in [0.5, 0.6) is 0 Å². The highest BCUT2D eigenvalue weighted by molar-refractivity contribution is 7.17. The summed E-state index contributed by atoms with van der Waals surface area (Å²) in [4.78, 5) is 40.7. The molecule has 1 saturated heterocycles. The van der Waals surface area contributed by atoms with Gasteiger partial charge in [0, 0.05) is 39.5 Å². The fourth-order valence-corrected chi connectivity index (χ4v) is 5.48. The molecule has 0 saturated carbocycles. The number of rotatable bonds is 6. The Labute approximate surface area is 227 Å². The average Bonchev–Trinajstić information content (AvgIpc) is 3.52. The second-order valence-corrected chi connectivity index (χ2v) is 10.6. The van der Waals surface area contributed by atoms with E-state index in [0.29, 0.717) is 33.6 Å². The Kier molecular flexibility index (Phi) is 7.02. The highest BCUT2D eigenvalue weighted by atomic mass is 35.5. The predicted molar refractivity (Wildman–Crippen MR) is 147 cm³/mol. The highest BCUT2D eigenvalue weighted by Crippen LogP contribution is 2.35. The molecule has 2 amide bonds. The van der Waals surface area contributed by atoms with E-state index in [9.17, 15) is 19.5 Å². The number of carbonyl (C=O) groups excluding carboxylic acids is 2. The van der Waals surface area contributed by atoms with E-state index in [1.165, 1.54) is 23.5 Å². The van der Waals surface area contributed by atoms with Crippen LogP contribution < -0.4 is 10.2 Å². The van der Waals surface area contributed by atoms with Crippen molar-refractivity contribution in [2.24, 2.45) is 0 Å². The second kappa shape index (κ2) is 10.4. The lowest BCUT2D eigenvalue weighted by atomic mass is 9.98. The zero-order valence-electron chi connectivity index (χ0n) is 19.3. The summed E-state index contributed by atoms with van der Waals surface area (Å²) in [6, 6.07) is 22.7. The smallest absolute Gasteiger partial charge is 0.337 e. The Balaban J connectivity index is 1.38. The normalized spacial score (nSPS) is 15.1. The second-order valence-electron chi connectivity index (χ2n) is 8.62. The van der Waals surface area contributed by atoms with Crippen LogP contribution in [0.2, 0.25) is 10.0 Å². The molecule has 37 heavy (non-hydrogen) atoms. The van der Waals surface area contributed by atoms with Crippen molar-refractivity contribution >= 4 is 63.7 Å². The van der Waals surface area contributed by atoms with Crippen LogP contribution in [0.15, 0.2) is 78.9 Å². The average molecular weight is 551 g/mol. The molecule has 2 heterocycles. The molecule has 1 unspecified atom stereocenters. The number of anilines is 2. The minimum atomic E-state index is -1.18. The summed E-state index contributed by atoms with van der Waals surface area (Å²) in [5.74, 6) is -1.70. The van der Waals surface area contributed by atoms with Crippen LogP contribution in [0.4, 0.5) is 11.4 Å². The number of halogens is 2. The van der Waals surface area contributed by atoms with Gasteiger partial charge in [-0.3, -0.25) is 9.59 Å². The van der Waals surface area contributed by atoms with Gasteiger partial charge in [0.2, 0.25) is 5.91 Å². The van der Waals surface area contributed by atoms with Gasteiger partial charge in [0.15, 0.2) is 0 Å². The zero-order valence-corrected chi connectivity index (χ0v) is 21.6. The highest BCUT2D eigenvalue weighted by Gasteiger charge is 2.32. The molecule has 0 bridgehead atoms. The summed E-state index contributed by atoms with van der Waals surface area (Å²) in [5.41, 5.74) is 2.51. The van der Waals surface area contributed by atoms with Crippen molar-refractivity contribution in [1.29, 1.82) is 0 Å². The molecule has 5 rings (SSSR count). The van der Waals surface area contributed by atoms with Crippen molar-refractivity contribution in [3.8, 4) is 10.4 Å². The number of nitrogens with one attached hydrogen (secondary N) is 1. The van der Waals surface area contributed by atoms with Crippen LogP contribution in [0.3, 0.4) is 0 Å². The lowest BCUT2D eigenvalue weighted by Crippen LogP contribution is -2.25. The van der Waals surface area contributed by atoms with E-state index in [1.807, 2.05) is 30.3 Å². The van der Waals surface area contributed by atoms with Crippen molar-refractivity contribution in [3.05, 3.63) is 105 Å². The maximum atomic E-state index is 13.0. The topological polar surface area (TPSA) is 86.7 Å². The number of thiophene rings is 1. The molecule has 1 atom stereocenters. The number of carbonyl (C=O) groups is 3. The maximum absolute atomic E-state index is 13.0. The third kappa shape index (κ3) is 5.39. The molecule has 6 nitrogen and oxygen atoms in total. The Bertz CT molecular complexity index is 1500. The van der Waals surface area contributed by atoms with Gasteiger partial charge in [-0.25, -0.2) is 4.79 Å². The monoisotopic (exact) mass is 550 g/mol. The number of amides is 2. The van der Waals surface area contributed by atoms with Gasteiger partial charge in [0.25, 0.3) is 5.91 Å². The van der Waals surface area contributed by atoms with E-state index in [4.69, 9.17) is 23.2 Å². The molecule has 9 heteroatoms. The van der Waals surface area contributed by atoms with Gasteiger partial charge in [-0.15, -0.1) is 11.3 Å². The Hall–Kier alpha value is -3.65. The first kappa shape index (κ1) is 25.0. The fraction of sp³-hybridized carbons (Fsp3) is 0.107. The number of benzene rings is 3. The van der Waals surface area contributed by atoms with E-state index in [0.717, 1.165) is 16.0 Å². The van der Waals surface area contributed by atoms with Crippen molar-refractivity contribution in [1.82, 2.24) is 0 Å². The Morgan fingerprint density at radius 3 is 2.27 bits per heavy atom. The van der Waals surface area contributed by atoms with E-state index in [-0.39, 0.29) is 23.1 Å². The molecule has 4 aromatic rings. The molecule has 1 aliphatic rings. The molecule has 1 aliphatic heterocycles. The van der Waals surface area contributed by atoms with Crippen molar-refractivity contribution in [2.75, 3.05) is 16.8 Å². The number of carboxylic acids is 1. The summed E-state index contributed by atoms with van der Waals surface area (Å²) in [6.45, 7) is 0.440. The number of nitrogens with zero attached hydrogens (tertiary/aromatic N) is 1. The Morgan fingerprint density at radius 2 is 1.59 bits per heavy atom. The lowest BCUT2D eigenvalue weighted by molar-refractivity contribution is -0.117. The van der Waals surface area contributed by atoms with Gasteiger partial charge in [-0.1, -0.05) is 47.5 Å². The van der Waals surface area contributed by atoms with E-state index < -0.39 is 11.9 Å². The van der Waals surface area contributed by atoms with Crippen LogP contribution in [0, 0.1) is 0 Å². The largest absolute Gasteiger partial charge is 0.478 e. The van der Waals surface area contributed by atoms with Crippen molar-refractivity contribution < 1.29 is 19.5 Å². The molecule has 2 N–H and O–H groups in total. The van der Waals surface area contributed by atoms with Gasteiger partial charge in [-0.05, 0) is 65.7 Å². The first-order valence-electron chi connectivity index (χ1n) is 11.4. The minimum absolute atomic E-state index is 0.0145. The molecular formula is C28H20Cl2N2O4S. The predicted octanol–water partition coefficient (Wildman–Crippen LogP) is 7.19. The molecule has 1 aromatic heterocycles. The lowest BCUT2D eigenvalue weighted by Gasteiger charge is -2.19. The van der Waals surface area contributed by atoms with E-state index in [2.05, 4.69) is 5.32 Å². The molecule has 0 aliphatic carbocycles. The fourth-order valence-electron chi connectivity index (χ4n) is 4.32. The molecule has 3 aromatic carbocycles. The van der Waals surface area contributed by atoms with Crippen LogP contribution in [-0.4, -0.2) is 29.4 Å². The number of aromatic carboxylic acids is 1. The summed E-state index contributed by atoms with van der Waals surface area (Å²) in [5, 5.41) is 13.7. The SMILES string of the molecule is O=C(Nc1cc(N2CC(c3ccc(Cl)cc3)CC2=O)ccc1C(=O)O)c1ccc(-c2ccc(Cl)cc2)s1. The van der Waals surface area contributed by atoms with Crippen molar-refractivity contribution in [3.63, 3.8) is 0 Å². The number of hydrogen-bond acceptors (Lipinski definition) is 4. The first-order valence-corrected chi connectivity index (χ1v) is 13.0. The maximum Gasteiger partial charge on any atom is 0.337 e. The third-order valence-electron chi connectivity index (χ3n) is 6.22. The zero-order chi connectivity index (χ0) is 26.1. The van der Waals surface area contributed by atoms with Gasteiger partial charge < -0.3 is 15.3 Å². The van der Waals surface area contributed by atoms with Crippen molar-refractivity contribution in [2.45, 2.75) is 12.3 Å². The minimum Gasteiger partial charge on any atom is -0.478 e. The molecule has 0 spiro atoms.